The molecule has 9 heteroatoms. The summed E-state index contributed by atoms with van der Waals surface area (Å²) in [7, 11) is 0. The highest BCUT2D eigenvalue weighted by Crippen LogP contribution is 2.23. The normalized spacial score (nSPS) is 13.1. The lowest BCUT2D eigenvalue weighted by Gasteiger charge is -2.12. The van der Waals surface area contributed by atoms with Gasteiger partial charge in [0.15, 0.2) is 6.61 Å². The fourth-order valence-electron chi connectivity index (χ4n) is 3.17. The number of Topliss-reactive ketones (excluding diaryl/α,β-unsaturated/α-hetero) is 1. The van der Waals surface area contributed by atoms with Crippen LogP contribution in [0.5, 0.6) is 5.75 Å². The van der Waals surface area contributed by atoms with Crippen LogP contribution in [0.3, 0.4) is 0 Å². The first kappa shape index (κ1) is 23.1. The number of nitrogens with zero attached hydrogens (tertiary/aromatic N) is 2. The average molecular weight is 444 g/mol. The molecule has 168 valence electrons. The summed E-state index contributed by atoms with van der Waals surface area (Å²) < 4.78 is 34.3. The molecule has 0 radical (unpaired) electrons. The number of rotatable bonds is 9. The van der Waals surface area contributed by atoms with Crippen molar-refractivity contribution in [2.75, 3.05) is 13.2 Å². The Labute approximate surface area is 183 Å². The Kier molecular flexibility index (Phi) is 7.64. The van der Waals surface area contributed by atoms with Crippen molar-refractivity contribution in [3.63, 3.8) is 0 Å². The van der Waals surface area contributed by atoms with Crippen LogP contribution in [-0.2, 0) is 14.3 Å². The maximum Gasteiger partial charge on any atom is 0.387 e. The van der Waals surface area contributed by atoms with E-state index >= 15 is 0 Å². The van der Waals surface area contributed by atoms with Crippen molar-refractivity contribution in [3.05, 3.63) is 65.2 Å². The van der Waals surface area contributed by atoms with Gasteiger partial charge in [0.25, 0.3) is 0 Å². The van der Waals surface area contributed by atoms with Gasteiger partial charge in [-0.1, -0.05) is 42.0 Å². The largest absolute Gasteiger partial charge is 0.457 e. The van der Waals surface area contributed by atoms with Crippen LogP contribution in [0.4, 0.5) is 8.78 Å². The molecule has 0 spiro atoms. The number of hydrazone groups is 1. The van der Waals surface area contributed by atoms with Gasteiger partial charge in [0.2, 0.25) is 11.7 Å². The van der Waals surface area contributed by atoms with E-state index in [-0.39, 0.29) is 30.1 Å². The van der Waals surface area contributed by atoms with Gasteiger partial charge in [-0.2, -0.15) is 13.9 Å². The number of aryl methyl sites for hydroxylation is 1. The van der Waals surface area contributed by atoms with Crippen molar-refractivity contribution < 1.29 is 32.6 Å². The molecule has 2 aromatic rings. The maximum atomic E-state index is 12.5. The van der Waals surface area contributed by atoms with E-state index in [9.17, 15) is 23.2 Å². The van der Waals surface area contributed by atoms with Crippen molar-refractivity contribution in [2.24, 2.45) is 5.10 Å². The zero-order chi connectivity index (χ0) is 23.1. The first-order chi connectivity index (χ1) is 15.3. The van der Waals surface area contributed by atoms with Crippen LogP contribution < -0.4 is 4.74 Å². The van der Waals surface area contributed by atoms with Crippen molar-refractivity contribution >= 4 is 23.4 Å². The number of amides is 1. The van der Waals surface area contributed by atoms with E-state index in [2.05, 4.69) is 9.84 Å². The van der Waals surface area contributed by atoms with E-state index in [1.807, 2.05) is 30.3 Å². The van der Waals surface area contributed by atoms with Crippen molar-refractivity contribution in [1.29, 1.82) is 0 Å². The van der Waals surface area contributed by atoms with Crippen LogP contribution in [-0.4, -0.2) is 48.1 Å². The van der Waals surface area contributed by atoms with Gasteiger partial charge in [-0.05, 0) is 24.6 Å². The van der Waals surface area contributed by atoms with E-state index < -0.39 is 25.0 Å². The Morgan fingerprint density at radius 1 is 1.09 bits per heavy atom. The molecule has 1 amide bonds. The molecule has 1 aliphatic heterocycles. The van der Waals surface area contributed by atoms with Crippen LogP contribution in [0.1, 0.15) is 40.7 Å². The number of hydrogen-bond acceptors (Lipinski definition) is 6. The molecule has 3 rings (SSSR count). The van der Waals surface area contributed by atoms with E-state index in [0.717, 1.165) is 11.3 Å². The van der Waals surface area contributed by atoms with Gasteiger partial charge in [0.1, 0.15) is 5.75 Å². The molecule has 0 aromatic heterocycles. The smallest absolute Gasteiger partial charge is 0.387 e. The minimum Gasteiger partial charge on any atom is -0.457 e. The Morgan fingerprint density at radius 2 is 1.84 bits per heavy atom. The molecular weight excluding hydrogens is 422 g/mol. The molecule has 0 N–H and O–H groups in total. The van der Waals surface area contributed by atoms with Gasteiger partial charge in [0.05, 0.1) is 24.2 Å². The summed E-state index contributed by atoms with van der Waals surface area (Å²) in [5.41, 5.74) is 2.29. The van der Waals surface area contributed by atoms with Crippen molar-refractivity contribution in [3.8, 4) is 5.75 Å². The second-order valence-electron chi connectivity index (χ2n) is 7.14. The van der Waals surface area contributed by atoms with Crippen LogP contribution in [0, 0.1) is 6.92 Å². The van der Waals surface area contributed by atoms with Crippen LogP contribution in [0.25, 0.3) is 0 Å². The second kappa shape index (κ2) is 10.6. The molecule has 0 fully saturated rings. The summed E-state index contributed by atoms with van der Waals surface area (Å²) in [5.74, 6) is -2.05. The number of halogens is 2. The van der Waals surface area contributed by atoms with Gasteiger partial charge in [-0.25, -0.2) is 5.01 Å². The number of esters is 1. The van der Waals surface area contributed by atoms with Crippen molar-refractivity contribution in [2.45, 2.75) is 32.8 Å². The number of carbonyl (C=O) groups is 3. The number of ether oxygens (including phenoxy) is 2. The molecule has 1 aliphatic rings. The molecule has 0 atom stereocenters. The molecule has 0 unspecified atom stereocenters. The third-order valence-corrected chi connectivity index (χ3v) is 4.76. The molecule has 7 nitrogen and oxygen atoms in total. The molecule has 0 saturated heterocycles. The zero-order valence-corrected chi connectivity index (χ0v) is 17.4. The lowest BCUT2D eigenvalue weighted by atomic mass is 10.1. The molecule has 0 saturated carbocycles. The maximum absolute atomic E-state index is 12.5. The van der Waals surface area contributed by atoms with Crippen molar-refractivity contribution in [1.82, 2.24) is 5.01 Å². The minimum absolute atomic E-state index is 0.103. The SMILES string of the molecule is Cc1ccc(OC(F)F)c(C(=O)COC(=O)CCC(=O)N2CCC(c3ccccc3)=N2)c1. The number of hydrogen-bond donors (Lipinski definition) is 0. The first-order valence-electron chi connectivity index (χ1n) is 10.0. The highest BCUT2D eigenvalue weighted by molar-refractivity contribution is 6.03. The van der Waals surface area contributed by atoms with E-state index in [0.29, 0.717) is 18.5 Å². The zero-order valence-electron chi connectivity index (χ0n) is 17.4. The predicted octanol–water partition coefficient (Wildman–Crippen LogP) is 3.74. The molecule has 32 heavy (non-hydrogen) atoms. The summed E-state index contributed by atoms with van der Waals surface area (Å²) in [6.45, 7) is -1.62. The summed E-state index contributed by atoms with van der Waals surface area (Å²) in [4.78, 5) is 36.6. The van der Waals surface area contributed by atoms with Gasteiger partial charge in [-0.3, -0.25) is 14.4 Å². The van der Waals surface area contributed by atoms with E-state index in [4.69, 9.17) is 4.74 Å². The average Bonchev–Trinajstić information content (AvgIpc) is 3.28. The summed E-state index contributed by atoms with van der Waals surface area (Å²) in [5, 5.41) is 5.63. The Balaban J connectivity index is 1.48. The number of benzene rings is 2. The standard InChI is InChI=1S/C23H22F2N2O5/c1-15-7-8-20(32-23(24)25)17(13-15)19(28)14-31-22(30)10-9-21(29)27-12-11-18(26-27)16-5-3-2-4-6-16/h2-8,13,23H,9-12,14H2,1H3. The molecule has 0 bridgehead atoms. The van der Waals surface area contributed by atoms with Crippen LogP contribution in [0.15, 0.2) is 53.6 Å². The number of carbonyl (C=O) groups excluding carboxylic acids is 3. The van der Waals surface area contributed by atoms with Gasteiger partial charge >= 0.3 is 12.6 Å². The van der Waals surface area contributed by atoms with Gasteiger partial charge in [-0.15, -0.1) is 0 Å². The van der Waals surface area contributed by atoms with Gasteiger partial charge < -0.3 is 9.47 Å². The van der Waals surface area contributed by atoms with Crippen LogP contribution in [0.2, 0.25) is 0 Å². The lowest BCUT2D eigenvalue weighted by molar-refractivity contribution is -0.145. The molecule has 2 aromatic carbocycles. The summed E-state index contributed by atoms with van der Waals surface area (Å²) >= 11 is 0. The molecular formula is C23H22F2N2O5. The Bertz CT molecular complexity index is 1020. The quantitative estimate of drug-likeness (QED) is 0.435. The summed E-state index contributed by atoms with van der Waals surface area (Å²) in [6.07, 6.45) is 0.268. The van der Waals surface area contributed by atoms with Gasteiger partial charge in [0, 0.05) is 12.8 Å². The topological polar surface area (TPSA) is 85.3 Å². The van der Waals surface area contributed by atoms with E-state index in [1.165, 1.54) is 23.2 Å². The first-order valence-corrected chi connectivity index (χ1v) is 10.0. The number of alkyl halides is 2. The highest BCUT2D eigenvalue weighted by Gasteiger charge is 2.23. The third kappa shape index (κ3) is 6.19. The Hall–Kier alpha value is -3.62. The fraction of sp³-hybridized carbons (Fsp3) is 0.304. The predicted molar refractivity (Wildman–Crippen MR) is 112 cm³/mol. The molecule has 1 heterocycles. The molecule has 0 aliphatic carbocycles. The highest BCUT2D eigenvalue weighted by atomic mass is 19.3. The minimum atomic E-state index is -3.09. The Morgan fingerprint density at radius 3 is 2.56 bits per heavy atom. The third-order valence-electron chi connectivity index (χ3n) is 4.76. The second-order valence-corrected chi connectivity index (χ2v) is 7.14. The monoisotopic (exact) mass is 444 g/mol. The fourth-order valence-corrected chi connectivity index (χ4v) is 3.17. The summed E-state index contributed by atoms with van der Waals surface area (Å²) in [6, 6.07) is 13.7. The van der Waals surface area contributed by atoms with E-state index in [1.54, 1.807) is 6.92 Å². The van der Waals surface area contributed by atoms with Crippen LogP contribution >= 0.6 is 0 Å². The lowest BCUT2D eigenvalue weighted by Crippen LogP contribution is -2.24. The number of ketones is 1.